The zero-order valence-electron chi connectivity index (χ0n) is 12.0. The summed E-state index contributed by atoms with van der Waals surface area (Å²) in [6.07, 6.45) is 0.966. The first-order chi connectivity index (χ1) is 9.60. The van der Waals surface area contributed by atoms with E-state index in [1.54, 1.807) is 0 Å². The highest BCUT2D eigenvalue weighted by molar-refractivity contribution is 9.10. The highest BCUT2D eigenvalue weighted by atomic mass is 79.9. The number of hydrogen-bond donors (Lipinski definition) is 1. The molecule has 0 amide bonds. The van der Waals surface area contributed by atoms with E-state index < -0.39 is 0 Å². The highest BCUT2D eigenvalue weighted by Crippen LogP contribution is 2.20. The van der Waals surface area contributed by atoms with E-state index in [2.05, 4.69) is 83.3 Å². The van der Waals surface area contributed by atoms with Crippen LogP contribution in [-0.2, 0) is 6.54 Å². The molecule has 0 aliphatic rings. The molecule has 2 aromatic rings. The Kier molecular flexibility index (Phi) is 5.21. The van der Waals surface area contributed by atoms with Crippen molar-refractivity contribution in [2.45, 2.75) is 25.9 Å². The van der Waals surface area contributed by atoms with Gasteiger partial charge in [-0.3, -0.25) is 0 Å². The zero-order chi connectivity index (χ0) is 14.5. The molecule has 2 rings (SSSR count). The van der Waals surface area contributed by atoms with Crippen LogP contribution in [0.1, 0.15) is 30.5 Å². The van der Waals surface area contributed by atoms with Gasteiger partial charge in [-0.05, 0) is 41.8 Å². The lowest BCUT2D eigenvalue weighted by molar-refractivity contribution is 0.698. The van der Waals surface area contributed by atoms with E-state index in [1.165, 1.54) is 16.8 Å². The predicted octanol–water partition coefficient (Wildman–Crippen LogP) is 4.50. The lowest BCUT2D eigenvalue weighted by Crippen LogP contribution is -2.16. The molecular weight excluding hydrogens is 312 g/mol. The first kappa shape index (κ1) is 15.1. The molecule has 0 radical (unpaired) electrons. The van der Waals surface area contributed by atoms with Gasteiger partial charge >= 0.3 is 0 Å². The van der Waals surface area contributed by atoms with Gasteiger partial charge in [-0.1, -0.05) is 47.1 Å². The monoisotopic (exact) mass is 332 g/mol. The lowest BCUT2D eigenvalue weighted by atomic mass is 10.1. The van der Waals surface area contributed by atoms with Crippen molar-refractivity contribution in [2.24, 2.45) is 5.73 Å². The first-order valence-corrected chi connectivity index (χ1v) is 7.70. The van der Waals surface area contributed by atoms with Crippen molar-refractivity contribution >= 4 is 21.6 Å². The van der Waals surface area contributed by atoms with E-state index in [0.29, 0.717) is 0 Å². The molecular formula is C17H21BrN2. The number of halogens is 1. The average Bonchev–Trinajstić information content (AvgIpc) is 2.49. The van der Waals surface area contributed by atoms with Gasteiger partial charge in [0.15, 0.2) is 0 Å². The number of nitrogens with zero attached hydrogens (tertiary/aromatic N) is 1. The van der Waals surface area contributed by atoms with Crippen LogP contribution in [0.15, 0.2) is 53.0 Å². The lowest BCUT2D eigenvalue weighted by Gasteiger charge is -2.20. The Balaban J connectivity index is 2.05. The molecule has 0 aromatic heterocycles. The molecule has 0 saturated heterocycles. The predicted molar refractivity (Wildman–Crippen MR) is 89.9 cm³/mol. The number of nitrogens with two attached hydrogens (primary N) is 1. The Hall–Kier alpha value is -1.32. The van der Waals surface area contributed by atoms with E-state index in [9.17, 15) is 0 Å². The van der Waals surface area contributed by atoms with Crippen LogP contribution < -0.4 is 10.6 Å². The molecule has 0 aliphatic carbocycles. The Morgan fingerprint density at radius 3 is 2.20 bits per heavy atom. The van der Waals surface area contributed by atoms with Crippen LogP contribution in [0.2, 0.25) is 0 Å². The molecule has 0 heterocycles. The summed E-state index contributed by atoms with van der Waals surface area (Å²) < 4.78 is 1.11. The van der Waals surface area contributed by atoms with Crippen LogP contribution in [0.4, 0.5) is 5.69 Å². The van der Waals surface area contributed by atoms with Crippen LogP contribution in [-0.4, -0.2) is 7.05 Å². The van der Waals surface area contributed by atoms with Crippen molar-refractivity contribution in [3.8, 4) is 0 Å². The Morgan fingerprint density at radius 1 is 1.05 bits per heavy atom. The van der Waals surface area contributed by atoms with Crippen LogP contribution in [0.3, 0.4) is 0 Å². The maximum Gasteiger partial charge on any atom is 0.0426 e. The average molecular weight is 333 g/mol. The summed E-state index contributed by atoms with van der Waals surface area (Å²) in [5.74, 6) is 0. The van der Waals surface area contributed by atoms with Crippen molar-refractivity contribution in [3.63, 3.8) is 0 Å². The molecule has 1 atom stereocenters. The fourth-order valence-electron chi connectivity index (χ4n) is 2.17. The Bertz CT molecular complexity index is 534. The van der Waals surface area contributed by atoms with Crippen molar-refractivity contribution in [1.29, 1.82) is 0 Å². The molecule has 106 valence electrons. The largest absolute Gasteiger partial charge is 0.370 e. The summed E-state index contributed by atoms with van der Waals surface area (Å²) in [6, 6.07) is 17.1. The molecule has 2 nitrogen and oxygen atoms in total. The maximum atomic E-state index is 6.04. The van der Waals surface area contributed by atoms with Gasteiger partial charge in [0.1, 0.15) is 0 Å². The quantitative estimate of drug-likeness (QED) is 0.873. The van der Waals surface area contributed by atoms with Crippen molar-refractivity contribution < 1.29 is 0 Å². The third-order valence-electron chi connectivity index (χ3n) is 3.53. The van der Waals surface area contributed by atoms with Crippen molar-refractivity contribution in [3.05, 3.63) is 64.1 Å². The topological polar surface area (TPSA) is 29.3 Å². The third-order valence-corrected chi connectivity index (χ3v) is 4.06. The summed E-state index contributed by atoms with van der Waals surface area (Å²) in [5, 5.41) is 0. The van der Waals surface area contributed by atoms with E-state index >= 15 is 0 Å². The van der Waals surface area contributed by atoms with Crippen LogP contribution in [0.5, 0.6) is 0 Å². The fraction of sp³-hybridized carbons (Fsp3) is 0.294. The molecule has 0 saturated carbocycles. The SMILES string of the molecule is CC[C@@H](N)c1ccc(N(C)Cc2ccc(Br)cc2)cc1. The smallest absolute Gasteiger partial charge is 0.0426 e. The van der Waals surface area contributed by atoms with Crippen molar-refractivity contribution in [1.82, 2.24) is 0 Å². The standard InChI is InChI=1S/C17H21BrN2/c1-3-17(19)14-6-10-16(11-7-14)20(2)12-13-4-8-15(18)9-5-13/h4-11,17H,3,12,19H2,1-2H3/t17-/m1/s1. The van der Waals surface area contributed by atoms with Gasteiger partial charge in [-0.25, -0.2) is 0 Å². The second-order valence-corrected chi connectivity index (χ2v) is 6.00. The van der Waals surface area contributed by atoms with Crippen molar-refractivity contribution in [2.75, 3.05) is 11.9 Å². The number of rotatable bonds is 5. The molecule has 0 unspecified atom stereocenters. The summed E-state index contributed by atoms with van der Waals surface area (Å²) in [4.78, 5) is 2.24. The van der Waals surface area contributed by atoms with Crippen LogP contribution >= 0.6 is 15.9 Å². The fourth-order valence-corrected chi connectivity index (χ4v) is 2.43. The van der Waals surface area contributed by atoms with E-state index in [4.69, 9.17) is 5.73 Å². The van der Waals surface area contributed by atoms with Gasteiger partial charge in [0, 0.05) is 29.8 Å². The van der Waals surface area contributed by atoms with Gasteiger partial charge in [-0.15, -0.1) is 0 Å². The van der Waals surface area contributed by atoms with Gasteiger partial charge in [-0.2, -0.15) is 0 Å². The van der Waals surface area contributed by atoms with Gasteiger partial charge in [0.05, 0.1) is 0 Å². The Morgan fingerprint density at radius 2 is 1.65 bits per heavy atom. The summed E-state index contributed by atoms with van der Waals surface area (Å²) in [7, 11) is 2.11. The minimum Gasteiger partial charge on any atom is -0.370 e. The minimum absolute atomic E-state index is 0.140. The molecule has 0 spiro atoms. The number of hydrogen-bond acceptors (Lipinski definition) is 2. The molecule has 20 heavy (non-hydrogen) atoms. The molecule has 2 N–H and O–H groups in total. The zero-order valence-corrected chi connectivity index (χ0v) is 13.6. The number of benzene rings is 2. The number of anilines is 1. The van der Waals surface area contributed by atoms with Crippen LogP contribution in [0.25, 0.3) is 0 Å². The molecule has 2 aromatic carbocycles. The molecule has 0 aliphatic heterocycles. The summed E-state index contributed by atoms with van der Waals surface area (Å²) >= 11 is 3.46. The second kappa shape index (κ2) is 6.91. The molecule has 3 heteroatoms. The van der Waals surface area contributed by atoms with Gasteiger partial charge < -0.3 is 10.6 Å². The van der Waals surface area contributed by atoms with Gasteiger partial charge in [0.25, 0.3) is 0 Å². The summed E-state index contributed by atoms with van der Waals surface area (Å²) in [6.45, 7) is 3.00. The molecule has 0 fully saturated rings. The normalized spacial score (nSPS) is 12.2. The first-order valence-electron chi connectivity index (χ1n) is 6.91. The van der Waals surface area contributed by atoms with Crippen LogP contribution in [0, 0.1) is 0 Å². The third kappa shape index (κ3) is 3.84. The van der Waals surface area contributed by atoms with E-state index in [1.807, 2.05) is 0 Å². The minimum atomic E-state index is 0.140. The summed E-state index contributed by atoms with van der Waals surface area (Å²) in [5.41, 5.74) is 9.75. The maximum absolute atomic E-state index is 6.04. The van der Waals surface area contributed by atoms with E-state index in [0.717, 1.165) is 17.4 Å². The highest BCUT2D eigenvalue weighted by Gasteiger charge is 2.05. The second-order valence-electron chi connectivity index (χ2n) is 5.09. The molecule has 0 bridgehead atoms. The van der Waals surface area contributed by atoms with E-state index in [-0.39, 0.29) is 6.04 Å². The Labute approximate surface area is 129 Å². The van der Waals surface area contributed by atoms with Gasteiger partial charge in [0.2, 0.25) is 0 Å².